The van der Waals surface area contributed by atoms with Crippen LogP contribution in [0.1, 0.15) is 43.7 Å². The van der Waals surface area contributed by atoms with Gasteiger partial charge in [0.05, 0.1) is 0 Å². The fourth-order valence-corrected chi connectivity index (χ4v) is 3.25. The highest BCUT2D eigenvalue weighted by Gasteiger charge is 2.29. The molecule has 1 N–H and O–H groups in total. The first-order chi connectivity index (χ1) is 9.59. The Balaban J connectivity index is 2.27. The number of carbonyl (C=O) groups is 1. The Morgan fingerprint density at radius 3 is 2.25 bits per heavy atom. The van der Waals surface area contributed by atoms with Gasteiger partial charge in [-0.25, -0.2) is 0 Å². The summed E-state index contributed by atoms with van der Waals surface area (Å²) in [5, 5.41) is 10.5. The molecule has 1 atom stereocenters. The van der Waals surface area contributed by atoms with Crippen LogP contribution >= 0.6 is 23.2 Å². The second kappa shape index (κ2) is 7.30. The number of likely N-dealkylation sites (tertiary alicyclic amines) is 1. The van der Waals surface area contributed by atoms with Gasteiger partial charge >= 0.3 is 5.97 Å². The van der Waals surface area contributed by atoms with Crippen LogP contribution in [0.4, 0.5) is 0 Å². The number of nitrogens with zero attached hydrogens (tertiary/aromatic N) is 1. The normalized spacial score (nSPS) is 19.1. The third kappa shape index (κ3) is 3.87. The molecule has 0 saturated carbocycles. The van der Waals surface area contributed by atoms with Crippen LogP contribution < -0.4 is 0 Å². The van der Waals surface area contributed by atoms with Gasteiger partial charge in [-0.05, 0) is 43.6 Å². The largest absolute Gasteiger partial charge is 0.480 e. The van der Waals surface area contributed by atoms with Crippen molar-refractivity contribution in [3.05, 3.63) is 33.8 Å². The second-order valence-corrected chi connectivity index (χ2v) is 6.05. The summed E-state index contributed by atoms with van der Waals surface area (Å²) in [5.41, 5.74) is 0.629. The van der Waals surface area contributed by atoms with Gasteiger partial charge in [0.25, 0.3) is 0 Å². The molecule has 0 radical (unpaired) electrons. The number of rotatable bonds is 3. The number of aliphatic carboxylic acids is 1. The third-order valence-electron chi connectivity index (χ3n) is 3.75. The van der Waals surface area contributed by atoms with Crippen molar-refractivity contribution in [2.75, 3.05) is 13.1 Å². The van der Waals surface area contributed by atoms with Crippen LogP contribution in [0.15, 0.2) is 18.2 Å². The van der Waals surface area contributed by atoms with Crippen molar-refractivity contribution in [2.24, 2.45) is 0 Å². The first-order valence-electron chi connectivity index (χ1n) is 7.01. The molecule has 0 spiro atoms. The third-order valence-corrected chi connectivity index (χ3v) is 4.31. The number of carboxylic acids is 1. The maximum atomic E-state index is 11.7. The van der Waals surface area contributed by atoms with Crippen LogP contribution in [0, 0.1) is 0 Å². The molecule has 1 saturated heterocycles. The zero-order chi connectivity index (χ0) is 14.5. The zero-order valence-corrected chi connectivity index (χ0v) is 12.8. The predicted octanol–water partition coefficient (Wildman–Crippen LogP) is 4.39. The molecular weight excluding hydrogens is 297 g/mol. The van der Waals surface area contributed by atoms with Gasteiger partial charge in [0, 0.05) is 10.0 Å². The molecule has 5 heteroatoms. The SMILES string of the molecule is O=C(O)C(c1ccc(Cl)cc1Cl)N1CCCCCCC1. The predicted molar refractivity (Wildman–Crippen MR) is 81.5 cm³/mol. The Bertz CT molecular complexity index is 471. The lowest BCUT2D eigenvalue weighted by atomic mass is 10.0. The maximum absolute atomic E-state index is 11.7. The van der Waals surface area contributed by atoms with E-state index >= 15 is 0 Å². The van der Waals surface area contributed by atoms with Crippen molar-refractivity contribution >= 4 is 29.2 Å². The van der Waals surface area contributed by atoms with Crippen LogP contribution in [0.2, 0.25) is 10.0 Å². The number of benzene rings is 1. The van der Waals surface area contributed by atoms with E-state index in [0.29, 0.717) is 15.6 Å². The van der Waals surface area contributed by atoms with Crippen molar-refractivity contribution in [1.82, 2.24) is 4.90 Å². The standard InChI is InChI=1S/C15H19Cl2NO2/c16-11-6-7-12(13(17)10-11)14(15(19)20)18-8-4-2-1-3-5-9-18/h6-7,10,14H,1-5,8-9H2,(H,19,20). The van der Waals surface area contributed by atoms with Gasteiger partial charge in [-0.1, -0.05) is 48.5 Å². The molecule has 2 rings (SSSR count). The molecule has 3 nitrogen and oxygen atoms in total. The summed E-state index contributed by atoms with van der Waals surface area (Å²) < 4.78 is 0. The lowest BCUT2D eigenvalue weighted by Gasteiger charge is -2.31. The number of halogens is 2. The summed E-state index contributed by atoms with van der Waals surface area (Å²) in [6.45, 7) is 1.60. The molecule has 1 aliphatic rings. The molecule has 1 aromatic carbocycles. The van der Waals surface area contributed by atoms with E-state index in [1.165, 1.54) is 6.42 Å². The van der Waals surface area contributed by atoms with E-state index in [9.17, 15) is 9.90 Å². The van der Waals surface area contributed by atoms with Gasteiger partial charge in [0.2, 0.25) is 0 Å². The smallest absolute Gasteiger partial charge is 0.325 e. The highest BCUT2D eigenvalue weighted by Crippen LogP contribution is 2.31. The lowest BCUT2D eigenvalue weighted by Crippen LogP contribution is -2.36. The van der Waals surface area contributed by atoms with Crippen molar-refractivity contribution in [3.8, 4) is 0 Å². The minimum Gasteiger partial charge on any atom is -0.480 e. The summed E-state index contributed by atoms with van der Waals surface area (Å²) in [5.74, 6) is -0.852. The molecule has 20 heavy (non-hydrogen) atoms. The molecule has 0 aliphatic carbocycles. The average molecular weight is 316 g/mol. The van der Waals surface area contributed by atoms with Crippen LogP contribution in [0.3, 0.4) is 0 Å². The molecule has 1 unspecified atom stereocenters. The summed E-state index contributed by atoms with van der Waals surface area (Å²) >= 11 is 12.1. The van der Waals surface area contributed by atoms with E-state index < -0.39 is 12.0 Å². The fourth-order valence-electron chi connectivity index (χ4n) is 2.74. The summed E-state index contributed by atoms with van der Waals surface area (Å²) in [6.07, 6.45) is 5.64. The van der Waals surface area contributed by atoms with E-state index in [4.69, 9.17) is 23.2 Å². The monoisotopic (exact) mass is 315 g/mol. The zero-order valence-electron chi connectivity index (χ0n) is 11.3. The molecule has 1 heterocycles. The molecule has 0 bridgehead atoms. The van der Waals surface area contributed by atoms with Crippen LogP contribution in [0.25, 0.3) is 0 Å². The first-order valence-corrected chi connectivity index (χ1v) is 7.77. The molecule has 110 valence electrons. The summed E-state index contributed by atoms with van der Waals surface area (Å²) in [7, 11) is 0. The van der Waals surface area contributed by atoms with Gasteiger partial charge in [0.15, 0.2) is 0 Å². The maximum Gasteiger partial charge on any atom is 0.325 e. The van der Waals surface area contributed by atoms with Gasteiger partial charge < -0.3 is 5.11 Å². The van der Waals surface area contributed by atoms with E-state index in [-0.39, 0.29) is 0 Å². The number of carboxylic acid groups (broad SMARTS) is 1. The van der Waals surface area contributed by atoms with E-state index in [1.54, 1.807) is 18.2 Å². The number of hydrogen-bond donors (Lipinski definition) is 1. The highest BCUT2D eigenvalue weighted by molar-refractivity contribution is 6.35. The topological polar surface area (TPSA) is 40.5 Å². The van der Waals surface area contributed by atoms with Gasteiger partial charge in [-0.15, -0.1) is 0 Å². The van der Waals surface area contributed by atoms with Gasteiger partial charge in [-0.2, -0.15) is 0 Å². The Labute approximate surface area is 129 Å². The number of hydrogen-bond acceptors (Lipinski definition) is 2. The van der Waals surface area contributed by atoms with Crippen molar-refractivity contribution in [1.29, 1.82) is 0 Å². The lowest BCUT2D eigenvalue weighted by molar-refractivity contribution is -0.143. The Morgan fingerprint density at radius 2 is 1.70 bits per heavy atom. The van der Waals surface area contributed by atoms with Gasteiger partial charge in [0.1, 0.15) is 6.04 Å². The minimum absolute atomic E-state index is 0.423. The van der Waals surface area contributed by atoms with Crippen LogP contribution in [0.5, 0.6) is 0 Å². The van der Waals surface area contributed by atoms with Crippen molar-refractivity contribution < 1.29 is 9.90 Å². The Morgan fingerprint density at radius 1 is 1.10 bits per heavy atom. The average Bonchev–Trinajstić information content (AvgIpc) is 2.34. The summed E-state index contributed by atoms with van der Waals surface area (Å²) in [4.78, 5) is 13.7. The molecule has 1 fully saturated rings. The van der Waals surface area contributed by atoms with Crippen LogP contribution in [-0.4, -0.2) is 29.1 Å². The molecule has 1 aromatic rings. The summed E-state index contributed by atoms with van der Waals surface area (Å²) in [6, 6.07) is 4.35. The molecular formula is C15H19Cl2NO2. The van der Waals surface area contributed by atoms with Crippen molar-refractivity contribution in [3.63, 3.8) is 0 Å². The first kappa shape index (κ1) is 15.6. The second-order valence-electron chi connectivity index (χ2n) is 5.21. The fraction of sp³-hybridized carbons (Fsp3) is 0.533. The quantitative estimate of drug-likeness (QED) is 0.899. The highest BCUT2D eigenvalue weighted by atomic mass is 35.5. The molecule has 0 aromatic heterocycles. The van der Waals surface area contributed by atoms with E-state index in [0.717, 1.165) is 38.8 Å². The van der Waals surface area contributed by atoms with E-state index in [2.05, 4.69) is 0 Å². The minimum atomic E-state index is -0.852. The Hall–Kier alpha value is -0.770. The molecule has 0 amide bonds. The Kier molecular flexibility index (Phi) is 5.70. The van der Waals surface area contributed by atoms with Crippen LogP contribution in [-0.2, 0) is 4.79 Å². The van der Waals surface area contributed by atoms with E-state index in [1.807, 2.05) is 4.90 Å². The molecule has 1 aliphatic heterocycles. The van der Waals surface area contributed by atoms with Crippen molar-refractivity contribution in [2.45, 2.75) is 38.1 Å². The van der Waals surface area contributed by atoms with Gasteiger partial charge in [-0.3, -0.25) is 9.69 Å².